The lowest BCUT2D eigenvalue weighted by Gasteiger charge is -2.47. The standard InChI is InChI=1S/C28H56B2O6P2/c1-27(2,3)37(29)21-19-33-13-11-31-15-17-35-25-9-7-8-10-26(25)36-18-16-32-12-14-34-20-22-38(30,24-23-37)28(4,5)6/h7-10H,11-24H2,1-6,29-30H3. The summed E-state index contributed by atoms with van der Waals surface area (Å²) in [7, 11) is -1.30. The zero-order valence-electron chi connectivity index (χ0n) is 23.6. The summed E-state index contributed by atoms with van der Waals surface area (Å²) < 4.78 is 35.6. The van der Waals surface area contributed by atoms with E-state index < -0.39 is 14.3 Å². The number of hydrogen-bond donors (Lipinski definition) is 0. The van der Waals surface area contributed by atoms with Gasteiger partial charge in [0.25, 0.3) is 0 Å². The van der Waals surface area contributed by atoms with Crippen LogP contribution in [0, 0.1) is 0 Å². The van der Waals surface area contributed by atoms with Crippen LogP contribution >= 0.6 is 14.3 Å². The predicted octanol–water partition coefficient (Wildman–Crippen LogP) is 3.72. The SMILES string of the molecule is [BH3-][P+]1(C(C)(C)C)CCOCCOCCOc2ccccc2OCCOCCOCC[P+]([BH3-])(C(C)(C)C)CC1. The number of ether oxygens (including phenoxy) is 6. The molecule has 0 spiro atoms. The molecule has 0 fully saturated rings. The Kier molecular flexibility index (Phi) is 14.4. The van der Waals surface area contributed by atoms with Gasteiger partial charge in [-0.15, -0.1) is 14.3 Å². The quantitative estimate of drug-likeness (QED) is 0.349. The summed E-state index contributed by atoms with van der Waals surface area (Å²) in [6, 6.07) is 7.77. The first-order chi connectivity index (χ1) is 17.9. The highest BCUT2D eigenvalue weighted by Gasteiger charge is 2.43. The highest BCUT2D eigenvalue weighted by Crippen LogP contribution is 2.71. The van der Waals surface area contributed by atoms with Crippen LogP contribution in [0.2, 0.25) is 0 Å². The minimum absolute atomic E-state index is 0.261. The van der Waals surface area contributed by atoms with Crippen molar-refractivity contribution in [1.29, 1.82) is 0 Å². The fourth-order valence-corrected chi connectivity index (χ4v) is 9.67. The first-order valence-electron chi connectivity index (χ1n) is 13.3. The summed E-state index contributed by atoms with van der Waals surface area (Å²) in [5.41, 5.74) is 0. The molecular formula is C28H56B2O6P2. The van der Waals surface area contributed by atoms with Crippen molar-refractivity contribution >= 4 is 29.4 Å². The van der Waals surface area contributed by atoms with Crippen LogP contribution in [0.5, 0.6) is 11.5 Å². The fourth-order valence-electron chi connectivity index (χ4n) is 3.91. The fraction of sp³-hybridized carbons (Fsp3) is 0.786. The van der Waals surface area contributed by atoms with Gasteiger partial charge in [-0.3, -0.25) is 0 Å². The zero-order valence-corrected chi connectivity index (χ0v) is 25.3. The van der Waals surface area contributed by atoms with Gasteiger partial charge in [0, 0.05) is 35.0 Å². The Morgan fingerprint density at radius 3 is 1.16 bits per heavy atom. The molecule has 0 bridgehead atoms. The maximum atomic E-state index is 6.11. The topological polar surface area (TPSA) is 55.4 Å². The minimum Gasteiger partial charge on any atom is -0.487 e. The molecule has 0 radical (unpaired) electrons. The van der Waals surface area contributed by atoms with Crippen LogP contribution in [0.25, 0.3) is 0 Å². The predicted molar refractivity (Wildman–Crippen MR) is 173 cm³/mol. The summed E-state index contributed by atoms with van der Waals surface area (Å²) in [5, 5.41) is 0.900. The number of fused-ring (bicyclic) bond motifs is 1. The van der Waals surface area contributed by atoms with Crippen molar-refractivity contribution in [2.24, 2.45) is 0 Å². The van der Waals surface area contributed by atoms with Crippen molar-refractivity contribution in [1.82, 2.24) is 0 Å². The van der Waals surface area contributed by atoms with E-state index in [1.54, 1.807) is 0 Å². The minimum atomic E-state index is -0.912. The third kappa shape index (κ3) is 11.3. The van der Waals surface area contributed by atoms with Crippen molar-refractivity contribution in [3.8, 4) is 11.5 Å². The highest BCUT2D eigenvalue weighted by molar-refractivity contribution is 8.01. The van der Waals surface area contributed by atoms with E-state index in [1.807, 2.05) is 24.3 Å². The molecule has 0 saturated heterocycles. The Labute approximate surface area is 236 Å². The summed E-state index contributed by atoms with van der Waals surface area (Å²) in [4.78, 5) is 0. The van der Waals surface area contributed by atoms with Crippen molar-refractivity contribution < 1.29 is 28.4 Å². The Morgan fingerprint density at radius 1 is 0.500 bits per heavy atom. The van der Waals surface area contributed by atoms with Crippen molar-refractivity contribution in [2.75, 3.05) is 90.7 Å². The zero-order chi connectivity index (χ0) is 28.1. The molecule has 0 aliphatic carbocycles. The molecule has 2 unspecified atom stereocenters. The van der Waals surface area contributed by atoms with Gasteiger partial charge in [0.15, 0.2) is 11.5 Å². The summed E-state index contributed by atoms with van der Waals surface area (Å²) >= 11 is 0. The van der Waals surface area contributed by atoms with Gasteiger partial charge in [0.1, 0.15) is 28.3 Å². The molecule has 0 saturated carbocycles. The molecule has 0 aromatic heterocycles. The van der Waals surface area contributed by atoms with E-state index >= 15 is 0 Å². The molecule has 0 N–H and O–H groups in total. The van der Waals surface area contributed by atoms with Gasteiger partial charge in [-0.25, -0.2) is 0 Å². The van der Waals surface area contributed by atoms with Gasteiger partial charge in [0.2, 0.25) is 0 Å². The molecule has 0 amide bonds. The second-order valence-corrected chi connectivity index (χ2v) is 17.5. The van der Waals surface area contributed by atoms with Crippen molar-refractivity contribution in [3.63, 3.8) is 0 Å². The molecule has 38 heavy (non-hydrogen) atoms. The van der Waals surface area contributed by atoms with E-state index in [9.17, 15) is 0 Å². The van der Waals surface area contributed by atoms with Crippen molar-refractivity contribution in [3.05, 3.63) is 24.3 Å². The molecule has 2 atom stereocenters. The van der Waals surface area contributed by atoms with E-state index in [-0.39, 0.29) is 15.1 Å². The average Bonchev–Trinajstić information content (AvgIpc) is 2.84. The number of rotatable bonds is 0. The average molecular weight is 572 g/mol. The molecule has 220 valence electrons. The second kappa shape index (κ2) is 16.2. The Morgan fingerprint density at radius 2 is 0.816 bits per heavy atom. The monoisotopic (exact) mass is 572 g/mol. The third-order valence-corrected chi connectivity index (χ3v) is 13.2. The maximum Gasteiger partial charge on any atom is 0.161 e. The van der Waals surface area contributed by atoms with Gasteiger partial charge in [0.05, 0.1) is 52.9 Å². The largest absolute Gasteiger partial charge is 0.487 e. The van der Waals surface area contributed by atoms with E-state index in [1.165, 1.54) is 24.6 Å². The van der Waals surface area contributed by atoms with Gasteiger partial charge in [-0.1, -0.05) is 12.1 Å². The molecule has 1 aromatic rings. The molecular weight excluding hydrogens is 516 g/mol. The third-order valence-electron chi connectivity index (χ3n) is 6.11. The van der Waals surface area contributed by atoms with Crippen LogP contribution in [0.4, 0.5) is 0 Å². The number of benzene rings is 1. The van der Waals surface area contributed by atoms with Crippen molar-refractivity contribution in [2.45, 2.75) is 51.9 Å². The Balaban J connectivity index is 2.02. The van der Waals surface area contributed by atoms with Gasteiger partial charge in [-0.05, 0) is 53.7 Å². The molecule has 1 aliphatic heterocycles. The van der Waals surface area contributed by atoms with Crippen LogP contribution in [0.15, 0.2) is 24.3 Å². The molecule has 10 heteroatoms. The smallest absolute Gasteiger partial charge is 0.161 e. The van der Waals surface area contributed by atoms with E-state index in [4.69, 9.17) is 28.4 Å². The van der Waals surface area contributed by atoms with Crippen LogP contribution < -0.4 is 9.47 Å². The number of para-hydroxylation sites is 2. The van der Waals surface area contributed by atoms with Crippen LogP contribution in [0.3, 0.4) is 0 Å². The normalized spacial score (nSPS) is 27.3. The molecule has 2 rings (SSSR count). The van der Waals surface area contributed by atoms with Gasteiger partial charge < -0.3 is 28.4 Å². The Hall–Kier alpha value is -0.350. The lowest BCUT2D eigenvalue weighted by Crippen LogP contribution is -2.33. The first kappa shape index (κ1) is 33.9. The van der Waals surface area contributed by atoms with E-state index in [2.05, 4.69) is 41.5 Å². The molecule has 1 aliphatic rings. The van der Waals surface area contributed by atoms with Crippen LogP contribution in [-0.4, -0.2) is 116 Å². The molecule has 1 aromatic carbocycles. The number of hydrogen-bond acceptors (Lipinski definition) is 6. The Bertz CT molecular complexity index is 739. The highest BCUT2D eigenvalue weighted by atomic mass is 31.2. The molecule has 6 nitrogen and oxygen atoms in total. The molecule has 1 heterocycles. The van der Waals surface area contributed by atoms with E-state index in [0.29, 0.717) is 63.2 Å². The van der Waals surface area contributed by atoms with Gasteiger partial charge in [-0.2, -0.15) is 0 Å². The summed E-state index contributed by atoms with van der Waals surface area (Å²) in [6.45, 7) is 21.4. The van der Waals surface area contributed by atoms with Crippen LogP contribution in [-0.2, 0) is 18.9 Å². The summed E-state index contributed by atoms with van der Waals surface area (Å²) in [6.07, 6.45) is 5.59. The maximum absolute atomic E-state index is 6.11. The lowest BCUT2D eigenvalue weighted by atomic mass is 10.2. The van der Waals surface area contributed by atoms with E-state index in [0.717, 1.165) is 24.7 Å². The van der Waals surface area contributed by atoms with Crippen LogP contribution in [0.1, 0.15) is 41.5 Å². The summed E-state index contributed by atoms with van der Waals surface area (Å²) in [5.74, 6) is 1.47. The first-order valence-corrected chi connectivity index (χ1v) is 16.8. The lowest BCUT2D eigenvalue weighted by molar-refractivity contribution is 0.0374. The second-order valence-electron chi connectivity index (χ2n) is 10.9. The van der Waals surface area contributed by atoms with Gasteiger partial charge >= 0.3 is 0 Å².